The molecule has 1 atom stereocenters. The van der Waals surface area contributed by atoms with Gasteiger partial charge in [0.05, 0.1) is 34.3 Å². The number of nitrogens with zero attached hydrogens (tertiary/aromatic N) is 3. The van der Waals surface area contributed by atoms with E-state index in [2.05, 4.69) is 23.7 Å². The number of ether oxygens (including phenoxy) is 1. The van der Waals surface area contributed by atoms with Crippen LogP contribution in [0, 0.1) is 13.8 Å². The number of hydrogen-bond acceptors (Lipinski definition) is 7. The second kappa shape index (κ2) is 9.92. The summed E-state index contributed by atoms with van der Waals surface area (Å²) >= 11 is 1.27. The summed E-state index contributed by atoms with van der Waals surface area (Å²) in [5.41, 5.74) is 2.99. The van der Waals surface area contributed by atoms with Crippen LogP contribution in [0.3, 0.4) is 0 Å². The van der Waals surface area contributed by atoms with Gasteiger partial charge in [-0.1, -0.05) is 12.1 Å². The predicted octanol–water partition coefficient (Wildman–Crippen LogP) is 5.40. The zero-order valence-corrected chi connectivity index (χ0v) is 21.3. The highest BCUT2D eigenvalue weighted by molar-refractivity contribution is 7.14. The number of amides is 1. The molecule has 1 unspecified atom stereocenters. The zero-order chi connectivity index (χ0) is 25.3. The zero-order valence-electron chi connectivity index (χ0n) is 20.5. The number of benzene rings is 2. The maximum atomic E-state index is 13.7. The molecule has 0 saturated carbocycles. The highest BCUT2D eigenvalue weighted by atomic mass is 32.1. The summed E-state index contributed by atoms with van der Waals surface area (Å²) in [4.78, 5) is 35.6. The number of rotatable bonds is 8. The average Bonchev–Trinajstić information content (AvgIpc) is 3.35. The van der Waals surface area contributed by atoms with E-state index in [4.69, 9.17) is 4.74 Å². The van der Waals surface area contributed by atoms with Gasteiger partial charge in [-0.05, 0) is 69.7 Å². The number of methoxy groups -OCH3 is 1. The maximum absolute atomic E-state index is 13.7. The third-order valence-corrected chi connectivity index (χ3v) is 7.32. The van der Waals surface area contributed by atoms with Crippen LogP contribution in [-0.4, -0.2) is 42.0 Å². The number of carbonyl (C=O) groups excluding carboxylic acids is 2. The van der Waals surface area contributed by atoms with Gasteiger partial charge in [-0.2, -0.15) is 0 Å². The van der Waals surface area contributed by atoms with Crippen LogP contribution in [0.4, 0.5) is 11.4 Å². The van der Waals surface area contributed by atoms with E-state index in [1.54, 1.807) is 38.3 Å². The fourth-order valence-corrected chi connectivity index (χ4v) is 5.36. The molecule has 182 valence electrons. The number of anilines is 2. The molecular weight excluding hydrogens is 462 g/mol. The first-order valence-corrected chi connectivity index (χ1v) is 12.4. The molecule has 1 N–H and O–H groups in total. The molecule has 2 heterocycles. The van der Waals surface area contributed by atoms with Crippen molar-refractivity contribution in [3.05, 3.63) is 81.0 Å². The number of hydrogen-bond donors (Lipinski definition) is 1. The Balaban J connectivity index is 1.84. The molecule has 0 spiro atoms. The average molecular weight is 492 g/mol. The van der Waals surface area contributed by atoms with E-state index in [1.807, 2.05) is 31.2 Å². The van der Waals surface area contributed by atoms with E-state index in [0.29, 0.717) is 22.0 Å². The molecule has 0 bridgehead atoms. The summed E-state index contributed by atoms with van der Waals surface area (Å²) < 4.78 is 5.25. The van der Waals surface area contributed by atoms with Crippen LogP contribution in [0.5, 0.6) is 5.75 Å². The predicted molar refractivity (Wildman–Crippen MR) is 139 cm³/mol. The number of carbonyl (C=O) groups is 2. The van der Waals surface area contributed by atoms with Crippen molar-refractivity contribution in [3.63, 3.8) is 0 Å². The lowest BCUT2D eigenvalue weighted by molar-refractivity contribution is -0.117. The standard InChI is InChI=1S/C27H29N3O4S/c1-6-29(7-2)19-10-8-18(9-11-19)23-22(24(31)26-16(3)28-17(4)35-26)25(32)27(33)30(23)20-12-14-21(34-5)15-13-20/h8-15,23,32H,6-7H2,1-5H3. The quantitative estimate of drug-likeness (QED) is 0.425. The van der Waals surface area contributed by atoms with Crippen molar-refractivity contribution in [2.45, 2.75) is 33.7 Å². The van der Waals surface area contributed by atoms with Gasteiger partial charge in [-0.25, -0.2) is 4.98 Å². The molecule has 1 aliphatic rings. The molecule has 3 aromatic rings. The van der Waals surface area contributed by atoms with Crippen molar-refractivity contribution in [3.8, 4) is 5.75 Å². The minimum absolute atomic E-state index is 0.0631. The van der Waals surface area contributed by atoms with Gasteiger partial charge >= 0.3 is 0 Å². The van der Waals surface area contributed by atoms with E-state index in [1.165, 1.54) is 16.2 Å². The molecule has 8 heteroatoms. The maximum Gasteiger partial charge on any atom is 0.294 e. The van der Waals surface area contributed by atoms with Crippen LogP contribution in [0.15, 0.2) is 59.9 Å². The topological polar surface area (TPSA) is 83.0 Å². The summed E-state index contributed by atoms with van der Waals surface area (Å²) in [6.07, 6.45) is 0. The number of aromatic nitrogens is 1. The SMILES string of the molecule is CCN(CC)c1ccc(C2C(C(=O)c3sc(C)nc3C)=C(O)C(=O)N2c2ccc(OC)cc2)cc1. The number of ketones is 1. The Morgan fingerprint density at radius 1 is 1.09 bits per heavy atom. The van der Waals surface area contributed by atoms with Crippen LogP contribution >= 0.6 is 11.3 Å². The van der Waals surface area contributed by atoms with Crippen molar-refractivity contribution >= 4 is 34.4 Å². The van der Waals surface area contributed by atoms with Gasteiger partial charge < -0.3 is 14.7 Å². The molecule has 1 aliphatic heterocycles. The fourth-order valence-electron chi connectivity index (χ4n) is 4.48. The summed E-state index contributed by atoms with van der Waals surface area (Å²) in [6, 6.07) is 14.0. The van der Waals surface area contributed by atoms with Crippen LogP contribution in [0.2, 0.25) is 0 Å². The fraction of sp³-hybridized carbons (Fsp3) is 0.296. The Morgan fingerprint density at radius 3 is 2.23 bits per heavy atom. The first-order chi connectivity index (χ1) is 16.8. The van der Waals surface area contributed by atoms with Crippen molar-refractivity contribution in [2.75, 3.05) is 30.0 Å². The number of thiazole rings is 1. The van der Waals surface area contributed by atoms with Crippen LogP contribution in [0.1, 0.15) is 45.8 Å². The van der Waals surface area contributed by atoms with Gasteiger partial charge in [0.25, 0.3) is 5.91 Å². The first kappa shape index (κ1) is 24.5. The van der Waals surface area contributed by atoms with E-state index in [9.17, 15) is 14.7 Å². The van der Waals surface area contributed by atoms with Gasteiger partial charge in [-0.15, -0.1) is 11.3 Å². The Bertz CT molecular complexity index is 1270. The lowest BCUT2D eigenvalue weighted by atomic mass is 9.94. The van der Waals surface area contributed by atoms with Gasteiger partial charge in [0, 0.05) is 24.5 Å². The summed E-state index contributed by atoms with van der Waals surface area (Å²) in [7, 11) is 1.57. The minimum Gasteiger partial charge on any atom is -0.503 e. The second-order valence-corrected chi connectivity index (χ2v) is 9.48. The third-order valence-electron chi connectivity index (χ3n) is 6.25. The van der Waals surface area contributed by atoms with Crippen LogP contribution < -0.4 is 14.5 Å². The molecule has 0 radical (unpaired) electrons. The molecule has 4 rings (SSSR count). The van der Waals surface area contributed by atoms with E-state index in [0.717, 1.165) is 29.3 Å². The van der Waals surface area contributed by atoms with Crippen molar-refractivity contribution in [1.82, 2.24) is 4.98 Å². The van der Waals surface area contributed by atoms with Crippen LogP contribution in [0.25, 0.3) is 0 Å². The molecule has 0 aliphatic carbocycles. The van der Waals surface area contributed by atoms with Gasteiger partial charge in [0.1, 0.15) is 5.75 Å². The highest BCUT2D eigenvalue weighted by Gasteiger charge is 2.45. The lowest BCUT2D eigenvalue weighted by Gasteiger charge is -2.28. The van der Waals surface area contributed by atoms with Gasteiger partial charge in [0.15, 0.2) is 5.76 Å². The molecular formula is C27H29N3O4S. The van der Waals surface area contributed by atoms with E-state index < -0.39 is 17.7 Å². The van der Waals surface area contributed by atoms with E-state index in [-0.39, 0.29) is 11.4 Å². The largest absolute Gasteiger partial charge is 0.503 e. The molecule has 35 heavy (non-hydrogen) atoms. The highest BCUT2D eigenvalue weighted by Crippen LogP contribution is 2.43. The summed E-state index contributed by atoms with van der Waals surface area (Å²) in [6.45, 7) is 9.51. The van der Waals surface area contributed by atoms with Crippen molar-refractivity contribution < 1.29 is 19.4 Å². The number of Topliss-reactive ketones (excluding diaryl/α,β-unsaturated/α-hetero) is 1. The number of aliphatic hydroxyl groups is 1. The molecule has 1 aromatic heterocycles. The Labute approximate surface area is 209 Å². The third kappa shape index (κ3) is 4.41. The summed E-state index contributed by atoms with van der Waals surface area (Å²) in [5, 5.41) is 11.7. The second-order valence-electron chi connectivity index (χ2n) is 8.28. The first-order valence-electron chi connectivity index (χ1n) is 11.5. The minimum atomic E-state index is -0.782. The van der Waals surface area contributed by atoms with Crippen LogP contribution in [-0.2, 0) is 4.79 Å². The molecule has 2 aromatic carbocycles. The Morgan fingerprint density at radius 2 is 1.71 bits per heavy atom. The Kier molecular flexibility index (Phi) is 6.93. The molecule has 0 saturated heterocycles. The van der Waals surface area contributed by atoms with Gasteiger partial charge in [-0.3, -0.25) is 14.5 Å². The molecule has 7 nitrogen and oxygen atoms in total. The van der Waals surface area contributed by atoms with Crippen molar-refractivity contribution in [1.29, 1.82) is 0 Å². The normalized spacial score (nSPS) is 15.6. The monoisotopic (exact) mass is 491 g/mol. The van der Waals surface area contributed by atoms with E-state index >= 15 is 0 Å². The lowest BCUT2D eigenvalue weighted by Crippen LogP contribution is -2.31. The number of aryl methyl sites for hydroxylation is 2. The number of aliphatic hydroxyl groups excluding tert-OH is 1. The summed E-state index contributed by atoms with van der Waals surface area (Å²) in [5.74, 6) is -0.887. The smallest absolute Gasteiger partial charge is 0.294 e. The molecule has 1 amide bonds. The molecule has 0 fully saturated rings. The Hall–Kier alpha value is -3.65. The van der Waals surface area contributed by atoms with Crippen molar-refractivity contribution in [2.24, 2.45) is 0 Å². The van der Waals surface area contributed by atoms with Gasteiger partial charge in [0.2, 0.25) is 5.78 Å².